The van der Waals surface area contributed by atoms with Gasteiger partial charge in [0.05, 0.1) is 0 Å². The number of carbonyl (C=O) groups is 1. The van der Waals surface area contributed by atoms with Crippen LogP contribution in [0.15, 0.2) is 22.6 Å². The third-order valence-corrected chi connectivity index (χ3v) is 2.79. The Bertz CT molecular complexity index is 569. The second kappa shape index (κ2) is 4.41. The van der Waals surface area contributed by atoms with Gasteiger partial charge in [-0.05, 0) is 30.5 Å². The highest BCUT2D eigenvalue weighted by Crippen LogP contribution is 2.30. The molecule has 0 aliphatic rings. The van der Waals surface area contributed by atoms with Gasteiger partial charge in [-0.1, -0.05) is 25.4 Å². The molecule has 0 saturated carbocycles. The summed E-state index contributed by atoms with van der Waals surface area (Å²) in [6.45, 7) is 4.07. The number of aromatic carboxylic acids is 1. The minimum atomic E-state index is -1.03. The third-order valence-electron chi connectivity index (χ3n) is 2.56. The van der Waals surface area contributed by atoms with Crippen molar-refractivity contribution in [3.8, 4) is 0 Å². The fourth-order valence-corrected chi connectivity index (χ4v) is 2.08. The lowest BCUT2D eigenvalue weighted by atomic mass is 10.00. The first-order valence-corrected chi connectivity index (χ1v) is 5.81. The van der Waals surface area contributed by atoms with Gasteiger partial charge in [-0.25, -0.2) is 4.79 Å². The zero-order chi connectivity index (χ0) is 12.6. The molecule has 3 nitrogen and oxygen atoms in total. The van der Waals surface area contributed by atoms with Crippen molar-refractivity contribution < 1.29 is 14.3 Å². The van der Waals surface area contributed by atoms with E-state index in [9.17, 15) is 4.79 Å². The SMILES string of the molecule is CC(C)Cc1c(C(=O)O)oc2ccc(Cl)cc12. The van der Waals surface area contributed by atoms with Crippen molar-refractivity contribution in [2.75, 3.05) is 0 Å². The number of fused-ring (bicyclic) bond motifs is 1. The van der Waals surface area contributed by atoms with Crippen molar-refractivity contribution in [3.63, 3.8) is 0 Å². The number of carboxylic acids is 1. The predicted molar refractivity (Wildman–Crippen MR) is 66.7 cm³/mol. The Morgan fingerprint density at radius 3 is 2.76 bits per heavy atom. The molecule has 0 amide bonds. The lowest BCUT2D eigenvalue weighted by Gasteiger charge is -2.03. The summed E-state index contributed by atoms with van der Waals surface area (Å²) in [5, 5.41) is 10.5. The fourth-order valence-electron chi connectivity index (χ4n) is 1.90. The van der Waals surface area contributed by atoms with Crippen LogP contribution in [0.1, 0.15) is 30.0 Å². The molecule has 17 heavy (non-hydrogen) atoms. The van der Waals surface area contributed by atoms with Crippen LogP contribution < -0.4 is 0 Å². The molecule has 2 aromatic rings. The van der Waals surface area contributed by atoms with Crippen LogP contribution in [0.3, 0.4) is 0 Å². The highest BCUT2D eigenvalue weighted by Gasteiger charge is 2.20. The number of hydrogen-bond donors (Lipinski definition) is 1. The standard InChI is InChI=1S/C13H13ClO3/c1-7(2)5-10-9-6-8(14)3-4-11(9)17-12(10)13(15)16/h3-4,6-7H,5H2,1-2H3,(H,15,16). The molecule has 1 N–H and O–H groups in total. The van der Waals surface area contributed by atoms with Crippen molar-refractivity contribution in [2.24, 2.45) is 5.92 Å². The van der Waals surface area contributed by atoms with Gasteiger partial charge in [-0.2, -0.15) is 0 Å². The maximum atomic E-state index is 11.1. The van der Waals surface area contributed by atoms with Crippen LogP contribution in [-0.2, 0) is 6.42 Å². The Hall–Kier alpha value is -1.48. The number of halogens is 1. The van der Waals surface area contributed by atoms with E-state index in [0.29, 0.717) is 22.9 Å². The quantitative estimate of drug-likeness (QED) is 0.899. The molecular weight excluding hydrogens is 240 g/mol. The smallest absolute Gasteiger partial charge is 0.372 e. The van der Waals surface area contributed by atoms with Crippen LogP contribution in [0.4, 0.5) is 0 Å². The summed E-state index contributed by atoms with van der Waals surface area (Å²) in [6.07, 6.45) is 0.662. The zero-order valence-electron chi connectivity index (χ0n) is 9.66. The molecule has 1 aromatic carbocycles. The molecule has 0 aliphatic heterocycles. The Labute approximate surface area is 104 Å². The maximum absolute atomic E-state index is 11.1. The monoisotopic (exact) mass is 252 g/mol. The van der Waals surface area contributed by atoms with E-state index >= 15 is 0 Å². The lowest BCUT2D eigenvalue weighted by molar-refractivity contribution is 0.0663. The highest BCUT2D eigenvalue weighted by atomic mass is 35.5. The molecule has 0 radical (unpaired) electrons. The van der Waals surface area contributed by atoms with E-state index < -0.39 is 5.97 Å². The largest absolute Gasteiger partial charge is 0.475 e. The van der Waals surface area contributed by atoms with Gasteiger partial charge >= 0.3 is 5.97 Å². The van der Waals surface area contributed by atoms with Crippen LogP contribution in [0.5, 0.6) is 0 Å². The first-order chi connectivity index (χ1) is 7.99. The Balaban J connectivity index is 2.68. The van der Waals surface area contributed by atoms with Crippen LogP contribution in [0, 0.1) is 5.92 Å². The van der Waals surface area contributed by atoms with E-state index in [1.807, 2.05) is 13.8 Å². The van der Waals surface area contributed by atoms with Gasteiger partial charge in [0.15, 0.2) is 0 Å². The summed E-state index contributed by atoms with van der Waals surface area (Å²) in [6, 6.07) is 5.15. The minimum Gasteiger partial charge on any atom is -0.475 e. The van der Waals surface area contributed by atoms with Crippen molar-refractivity contribution in [2.45, 2.75) is 20.3 Å². The first-order valence-electron chi connectivity index (χ1n) is 5.43. The molecule has 0 bridgehead atoms. The summed E-state index contributed by atoms with van der Waals surface area (Å²) >= 11 is 5.93. The fraction of sp³-hybridized carbons (Fsp3) is 0.308. The van der Waals surface area contributed by atoms with Gasteiger partial charge in [0.1, 0.15) is 5.58 Å². The van der Waals surface area contributed by atoms with Gasteiger partial charge in [0.25, 0.3) is 0 Å². The predicted octanol–water partition coefficient (Wildman–Crippen LogP) is 3.98. The number of hydrogen-bond acceptors (Lipinski definition) is 2. The van der Waals surface area contributed by atoms with Crippen LogP contribution in [-0.4, -0.2) is 11.1 Å². The van der Waals surface area contributed by atoms with E-state index in [-0.39, 0.29) is 5.76 Å². The Morgan fingerprint density at radius 2 is 2.18 bits per heavy atom. The number of carboxylic acid groups (broad SMARTS) is 1. The van der Waals surface area contributed by atoms with Crippen molar-refractivity contribution in [1.82, 2.24) is 0 Å². The van der Waals surface area contributed by atoms with Gasteiger partial charge in [-0.15, -0.1) is 0 Å². The Morgan fingerprint density at radius 1 is 1.47 bits per heavy atom. The van der Waals surface area contributed by atoms with Crippen LogP contribution in [0.25, 0.3) is 11.0 Å². The number of rotatable bonds is 3. The number of benzene rings is 1. The van der Waals surface area contributed by atoms with E-state index in [4.69, 9.17) is 21.1 Å². The molecule has 1 aromatic heterocycles. The highest BCUT2D eigenvalue weighted by molar-refractivity contribution is 6.31. The van der Waals surface area contributed by atoms with Gasteiger partial charge in [-0.3, -0.25) is 0 Å². The molecule has 0 spiro atoms. The van der Waals surface area contributed by atoms with Crippen LogP contribution >= 0.6 is 11.6 Å². The minimum absolute atomic E-state index is 0.0240. The molecule has 0 atom stereocenters. The molecular formula is C13H13ClO3. The summed E-state index contributed by atoms with van der Waals surface area (Å²) in [4.78, 5) is 11.1. The van der Waals surface area contributed by atoms with E-state index in [0.717, 1.165) is 10.9 Å². The molecule has 0 saturated heterocycles. The molecule has 90 valence electrons. The number of furan rings is 1. The molecule has 0 fully saturated rings. The molecule has 0 unspecified atom stereocenters. The molecule has 1 heterocycles. The average Bonchev–Trinajstić information content (AvgIpc) is 2.56. The van der Waals surface area contributed by atoms with Crippen LogP contribution in [0.2, 0.25) is 5.02 Å². The maximum Gasteiger partial charge on any atom is 0.372 e. The third kappa shape index (κ3) is 2.29. The first kappa shape index (κ1) is 12.0. The molecule has 4 heteroatoms. The topological polar surface area (TPSA) is 50.4 Å². The van der Waals surface area contributed by atoms with E-state index in [1.54, 1.807) is 18.2 Å². The van der Waals surface area contributed by atoms with Gasteiger partial charge in [0.2, 0.25) is 5.76 Å². The van der Waals surface area contributed by atoms with Crippen molar-refractivity contribution in [1.29, 1.82) is 0 Å². The summed E-state index contributed by atoms with van der Waals surface area (Å²) in [7, 11) is 0. The summed E-state index contributed by atoms with van der Waals surface area (Å²) < 4.78 is 5.36. The second-order valence-electron chi connectivity index (χ2n) is 4.45. The normalized spacial score (nSPS) is 11.3. The van der Waals surface area contributed by atoms with Gasteiger partial charge < -0.3 is 9.52 Å². The van der Waals surface area contributed by atoms with E-state index in [2.05, 4.69) is 0 Å². The van der Waals surface area contributed by atoms with Crippen molar-refractivity contribution in [3.05, 3.63) is 34.5 Å². The summed E-state index contributed by atoms with van der Waals surface area (Å²) in [5.41, 5.74) is 1.30. The Kier molecular flexibility index (Phi) is 3.11. The lowest BCUT2D eigenvalue weighted by Crippen LogP contribution is -2.02. The zero-order valence-corrected chi connectivity index (χ0v) is 10.4. The van der Waals surface area contributed by atoms with E-state index in [1.165, 1.54) is 0 Å². The summed E-state index contributed by atoms with van der Waals surface area (Å²) in [5.74, 6) is -0.656. The molecule has 2 rings (SSSR count). The molecule has 0 aliphatic carbocycles. The van der Waals surface area contributed by atoms with Gasteiger partial charge in [0, 0.05) is 16.0 Å². The second-order valence-corrected chi connectivity index (χ2v) is 4.89. The van der Waals surface area contributed by atoms with Crippen molar-refractivity contribution >= 4 is 28.5 Å². The average molecular weight is 253 g/mol.